The molecule has 3 aromatic rings. The number of fused-ring (bicyclic) bond motifs is 1. The first kappa shape index (κ1) is 11.3. The monoisotopic (exact) mass is 257 g/mol. The molecule has 4 heteroatoms. The van der Waals surface area contributed by atoms with Crippen molar-refractivity contribution < 1.29 is 0 Å². The van der Waals surface area contributed by atoms with Gasteiger partial charge in [0, 0.05) is 17.1 Å². The fourth-order valence-electron chi connectivity index (χ4n) is 2.51. The molecule has 0 aliphatic heterocycles. The molecule has 0 saturated heterocycles. The van der Waals surface area contributed by atoms with Crippen LogP contribution < -0.4 is 5.73 Å². The smallest absolute Gasteiger partial charge is 0.195 e. The predicted octanol–water partition coefficient (Wildman–Crippen LogP) is 3.57. The van der Waals surface area contributed by atoms with Gasteiger partial charge < -0.3 is 5.73 Å². The van der Waals surface area contributed by atoms with Gasteiger partial charge in [0.1, 0.15) is 5.82 Å². The van der Waals surface area contributed by atoms with E-state index in [9.17, 15) is 0 Å². The van der Waals surface area contributed by atoms with E-state index < -0.39 is 0 Å². The van der Waals surface area contributed by atoms with Crippen LogP contribution in [0.3, 0.4) is 0 Å². The molecule has 0 aliphatic carbocycles. The van der Waals surface area contributed by atoms with Gasteiger partial charge in [0.15, 0.2) is 4.96 Å². The summed E-state index contributed by atoms with van der Waals surface area (Å²) in [6.45, 7) is 6.38. The van der Waals surface area contributed by atoms with Gasteiger partial charge in [-0.15, -0.1) is 11.3 Å². The summed E-state index contributed by atoms with van der Waals surface area (Å²) in [5.74, 6) is 0.746. The van der Waals surface area contributed by atoms with Gasteiger partial charge in [-0.25, -0.2) is 4.98 Å². The van der Waals surface area contributed by atoms with Gasteiger partial charge >= 0.3 is 0 Å². The number of hydrogen-bond donors (Lipinski definition) is 1. The number of aromatic nitrogens is 2. The number of rotatable bonds is 1. The van der Waals surface area contributed by atoms with Crippen molar-refractivity contribution in [2.24, 2.45) is 0 Å². The molecule has 0 radical (unpaired) electrons. The number of nitrogens with zero attached hydrogens (tertiary/aromatic N) is 2. The van der Waals surface area contributed by atoms with Crippen LogP contribution in [0.2, 0.25) is 0 Å². The summed E-state index contributed by atoms with van der Waals surface area (Å²) in [6, 6.07) is 4.39. The summed E-state index contributed by atoms with van der Waals surface area (Å²) in [6.07, 6.45) is 2.02. The van der Waals surface area contributed by atoms with Crippen LogP contribution in [-0.4, -0.2) is 9.38 Å². The minimum absolute atomic E-state index is 0.746. The molecule has 0 unspecified atom stereocenters. The molecular formula is C14H15N3S. The van der Waals surface area contributed by atoms with E-state index in [1.807, 2.05) is 16.0 Å². The molecule has 3 nitrogen and oxygen atoms in total. The zero-order chi connectivity index (χ0) is 12.9. The first-order valence-corrected chi connectivity index (χ1v) is 6.74. The van der Waals surface area contributed by atoms with Gasteiger partial charge in [0.05, 0.1) is 5.69 Å². The second kappa shape index (κ2) is 3.85. The highest BCUT2D eigenvalue weighted by Gasteiger charge is 2.12. The minimum atomic E-state index is 0.746. The molecule has 92 valence electrons. The number of anilines is 1. The SMILES string of the molecule is Cc1cc(C)c(-c2cn3c(N)csc3n2)c(C)c1. The Bertz CT molecular complexity index is 714. The number of nitrogens with two attached hydrogens (primary N) is 1. The number of benzene rings is 1. The van der Waals surface area contributed by atoms with Gasteiger partial charge in [-0.1, -0.05) is 17.7 Å². The highest BCUT2D eigenvalue weighted by atomic mass is 32.1. The van der Waals surface area contributed by atoms with Crippen molar-refractivity contribution in [3.8, 4) is 11.3 Å². The molecule has 0 atom stereocenters. The molecule has 0 fully saturated rings. The fourth-order valence-corrected chi connectivity index (χ4v) is 3.27. The van der Waals surface area contributed by atoms with E-state index in [1.54, 1.807) is 11.3 Å². The Balaban J connectivity index is 2.25. The minimum Gasteiger partial charge on any atom is -0.384 e. The van der Waals surface area contributed by atoms with Crippen LogP contribution in [-0.2, 0) is 0 Å². The molecule has 2 heterocycles. The summed E-state index contributed by atoms with van der Waals surface area (Å²) in [5, 5.41) is 1.92. The predicted molar refractivity (Wildman–Crippen MR) is 77.1 cm³/mol. The second-order valence-electron chi connectivity index (χ2n) is 4.71. The van der Waals surface area contributed by atoms with E-state index in [0.717, 1.165) is 16.5 Å². The molecule has 0 amide bonds. The molecule has 1 aromatic carbocycles. The Morgan fingerprint density at radius 3 is 2.44 bits per heavy atom. The summed E-state index contributed by atoms with van der Waals surface area (Å²) in [5.41, 5.74) is 11.9. The normalized spacial score (nSPS) is 11.3. The van der Waals surface area contributed by atoms with Crippen LogP contribution in [0.15, 0.2) is 23.7 Å². The highest BCUT2D eigenvalue weighted by molar-refractivity contribution is 7.15. The van der Waals surface area contributed by atoms with Crippen molar-refractivity contribution in [2.45, 2.75) is 20.8 Å². The Labute approximate surface area is 110 Å². The summed E-state index contributed by atoms with van der Waals surface area (Å²) < 4.78 is 1.94. The third kappa shape index (κ3) is 1.61. The lowest BCUT2D eigenvalue weighted by molar-refractivity contribution is 1.24. The second-order valence-corrected chi connectivity index (χ2v) is 5.55. The third-order valence-corrected chi connectivity index (χ3v) is 4.03. The lowest BCUT2D eigenvalue weighted by Crippen LogP contribution is -1.91. The van der Waals surface area contributed by atoms with Crippen molar-refractivity contribution in [1.82, 2.24) is 9.38 Å². The summed E-state index contributed by atoms with van der Waals surface area (Å²) in [4.78, 5) is 5.60. The Kier molecular flexibility index (Phi) is 2.41. The standard InChI is InChI=1S/C14H15N3S/c1-8-4-9(2)13(10(3)5-8)11-6-17-12(15)7-18-14(17)16-11/h4-7H,15H2,1-3H3. The average molecular weight is 257 g/mol. The van der Waals surface area contributed by atoms with Crippen LogP contribution in [0, 0.1) is 20.8 Å². The van der Waals surface area contributed by atoms with Crippen LogP contribution in [0.5, 0.6) is 0 Å². The van der Waals surface area contributed by atoms with Gasteiger partial charge in [0.25, 0.3) is 0 Å². The van der Waals surface area contributed by atoms with Crippen molar-refractivity contribution >= 4 is 22.1 Å². The number of aryl methyl sites for hydroxylation is 3. The first-order chi connectivity index (χ1) is 8.56. The van der Waals surface area contributed by atoms with Gasteiger partial charge in [-0.05, 0) is 31.9 Å². The van der Waals surface area contributed by atoms with Gasteiger partial charge in [0.2, 0.25) is 0 Å². The van der Waals surface area contributed by atoms with Crippen LogP contribution in [0.4, 0.5) is 5.82 Å². The maximum Gasteiger partial charge on any atom is 0.195 e. The largest absolute Gasteiger partial charge is 0.384 e. The van der Waals surface area contributed by atoms with Crippen LogP contribution in [0.25, 0.3) is 16.2 Å². The summed E-state index contributed by atoms with van der Waals surface area (Å²) in [7, 11) is 0. The maximum atomic E-state index is 5.90. The zero-order valence-corrected chi connectivity index (χ0v) is 11.5. The Hall–Kier alpha value is -1.81. The molecule has 0 saturated carbocycles. The molecule has 0 aliphatic rings. The molecule has 2 N–H and O–H groups in total. The Morgan fingerprint density at radius 1 is 1.17 bits per heavy atom. The molecule has 3 rings (SSSR count). The third-order valence-electron chi connectivity index (χ3n) is 3.17. The maximum absolute atomic E-state index is 5.90. The van der Waals surface area contributed by atoms with E-state index in [-0.39, 0.29) is 0 Å². The average Bonchev–Trinajstić information content (AvgIpc) is 2.80. The molecule has 18 heavy (non-hydrogen) atoms. The zero-order valence-electron chi connectivity index (χ0n) is 10.7. The quantitative estimate of drug-likeness (QED) is 0.724. The van der Waals surface area contributed by atoms with E-state index >= 15 is 0 Å². The highest BCUT2D eigenvalue weighted by Crippen LogP contribution is 2.30. The van der Waals surface area contributed by atoms with E-state index in [2.05, 4.69) is 37.9 Å². The van der Waals surface area contributed by atoms with Gasteiger partial charge in [-0.3, -0.25) is 4.40 Å². The van der Waals surface area contributed by atoms with Crippen molar-refractivity contribution in [3.05, 3.63) is 40.4 Å². The van der Waals surface area contributed by atoms with E-state index in [0.29, 0.717) is 0 Å². The lowest BCUT2D eigenvalue weighted by Gasteiger charge is -2.08. The lowest BCUT2D eigenvalue weighted by atomic mass is 9.98. The topological polar surface area (TPSA) is 43.3 Å². The first-order valence-electron chi connectivity index (χ1n) is 5.86. The molecule has 0 spiro atoms. The van der Waals surface area contributed by atoms with Crippen LogP contribution in [0.1, 0.15) is 16.7 Å². The summed E-state index contributed by atoms with van der Waals surface area (Å²) >= 11 is 1.57. The fraction of sp³-hybridized carbons (Fsp3) is 0.214. The van der Waals surface area contributed by atoms with E-state index in [4.69, 9.17) is 5.73 Å². The number of hydrogen-bond acceptors (Lipinski definition) is 3. The van der Waals surface area contributed by atoms with Crippen LogP contribution >= 0.6 is 11.3 Å². The molecule has 2 aromatic heterocycles. The molecular weight excluding hydrogens is 242 g/mol. The number of nitrogen functional groups attached to an aromatic ring is 1. The van der Waals surface area contributed by atoms with Crippen molar-refractivity contribution in [2.75, 3.05) is 5.73 Å². The van der Waals surface area contributed by atoms with E-state index in [1.165, 1.54) is 22.3 Å². The van der Waals surface area contributed by atoms with Crippen molar-refractivity contribution in [3.63, 3.8) is 0 Å². The Morgan fingerprint density at radius 2 is 1.83 bits per heavy atom. The van der Waals surface area contributed by atoms with Crippen molar-refractivity contribution in [1.29, 1.82) is 0 Å². The molecule has 0 bridgehead atoms. The number of thiazole rings is 1. The number of imidazole rings is 1. The van der Waals surface area contributed by atoms with Gasteiger partial charge in [-0.2, -0.15) is 0 Å².